The van der Waals surface area contributed by atoms with Gasteiger partial charge in [0.1, 0.15) is 17.9 Å². The number of benzene rings is 1. The van der Waals surface area contributed by atoms with E-state index in [1.54, 1.807) is 4.90 Å². The summed E-state index contributed by atoms with van der Waals surface area (Å²) < 4.78 is 12.6. The number of nitrogens with zero attached hydrogens (tertiary/aromatic N) is 2. The van der Waals surface area contributed by atoms with Crippen molar-refractivity contribution in [3.05, 3.63) is 29.3 Å². The van der Waals surface area contributed by atoms with Gasteiger partial charge in [-0.05, 0) is 68.2 Å². The third kappa shape index (κ3) is 4.33. The molecular weight excluding hydrogens is 434 g/mol. The predicted octanol–water partition coefficient (Wildman–Crippen LogP) is 2.25. The van der Waals surface area contributed by atoms with Crippen LogP contribution in [0.25, 0.3) is 0 Å². The van der Waals surface area contributed by atoms with Crippen molar-refractivity contribution in [3.8, 4) is 5.75 Å². The van der Waals surface area contributed by atoms with E-state index in [9.17, 15) is 14.4 Å². The summed E-state index contributed by atoms with van der Waals surface area (Å²) in [5.74, 6) is 0.788. The number of carbonyl (C=O) groups excluding carboxylic acids is 3. The quantitative estimate of drug-likeness (QED) is 0.619. The monoisotopic (exact) mass is 467 g/mol. The van der Waals surface area contributed by atoms with Crippen LogP contribution in [0, 0.1) is 5.92 Å². The topological polar surface area (TPSA) is 88.2 Å². The van der Waals surface area contributed by atoms with Crippen LogP contribution in [0.5, 0.6) is 5.75 Å². The number of nitrogens with one attached hydrogen (secondary N) is 1. The lowest BCUT2D eigenvalue weighted by atomic mass is 9.89. The van der Waals surface area contributed by atoms with Crippen molar-refractivity contribution in [1.29, 1.82) is 0 Å². The van der Waals surface area contributed by atoms with Gasteiger partial charge in [0.25, 0.3) is 5.91 Å². The maximum absolute atomic E-state index is 12.9. The van der Waals surface area contributed by atoms with E-state index in [1.807, 2.05) is 18.2 Å². The van der Waals surface area contributed by atoms with Crippen LogP contribution in [-0.2, 0) is 20.9 Å². The van der Waals surface area contributed by atoms with E-state index in [-0.39, 0.29) is 30.2 Å². The summed E-state index contributed by atoms with van der Waals surface area (Å²) in [5, 5.41) is 2.35. The minimum Gasteiger partial charge on any atom is -0.489 e. The first kappa shape index (κ1) is 22.0. The van der Waals surface area contributed by atoms with E-state index in [1.165, 1.54) is 25.7 Å². The summed E-state index contributed by atoms with van der Waals surface area (Å²) in [7, 11) is 0. The summed E-state index contributed by atoms with van der Waals surface area (Å²) >= 11 is 0. The van der Waals surface area contributed by atoms with E-state index in [0.717, 1.165) is 49.8 Å². The van der Waals surface area contributed by atoms with Gasteiger partial charge in [0.2, 0.25) is 11.8 Å². The highest BCUT2D eigenvalue weighted by Gasteiger charge is 2.41. The van der Waals surface area contributed by atoms with Gasteiger partial charge in [-0.1, -0.05) is 6.42 Å². The van der Waals surface area contributed by atoms with Gasteiger partial charge in [-0.15, -0.1) is 0 Å². The molecule has 2 saturated heterocycles. The van der Waals surface area contributed by atoms with Crippen molar-refractivity contribution in [2.75, 3.05) is 19.7 Å². The van der Waals surface area contributed by atoms with E-state index >= 15 is 0 Å². The molecule has 34 heavy (non-hydrogen) atoms. The Kier molecular flexibility index (Phi) is 5.81. The largest absolute Gasteiger partial charge is 0.489 e. The van der Waals surface area contributed by atoms with Crippen molar-refractivity contribution >= 4 is 17.7 Å². The van der Waals surface area contributed by atoms with Gasteiger partial charge >= 0.3 is 0 Å². The molecule has 5 aliphatic rings. The number of imide groups is 1. The van der Waals surface area contributed by atoms with Gasteiger partial charge in [-0.2, -0.15) is 0 Å². The molecule has 1 aromatic carbocycles. The third-order valence-electron chi connectivity index (χ3n) is 8.06. The average molecular weight is 468 g/mol. The molecule has 2 saturated carbocycles. The van der Waals surface area contributed by atoms with E-state index in [4.69, 9.17) is 9.47 Å². The highest BCUT2D eigenvalue weighted by atomic mass is 16.5. The predicted molar refractivity (Wildman–Crippen MR) is 123 cm³/mol. The summed E-state index contributed by atoms with van der Waals surface area (Å²) in [5.41, 5.74) is 1.51. The molecule has 2 aliphatic carbocycles. The highest BCUT2D eigenvalue weighted by molar-refractivity contribution is 6.05. The fourth-order valence-corrected chi connectivity index (χ4v) is 5.83. The van der Waals surface area contributed by atoms with Crippen LogP contribution in [0.15, 0.2) is 18.2 Å². The first-order valence-corrected chi connectivity index (χ1v) is 12.8. The molecule has 0 spiro atoms. The second kappa shape index (κ2) is 8.96. The average Bonchev–Trinajstić information content (AvgIpc) is 3.57. The van der Waals surface area contributed by atoms with Gasteiger partial charge in [0.05, 0.1) is 6.10 Å². The number of hydrogen-bond donors (Lipinski definition) is 1. The second-order valence-corrected chi connectivity index (χ2v) is 10.6. The van der Waals surface area contributed by atoms with Gasteiger partial charge in [-0.25, -0.2) is 0 Å². The molecular formula is C26H33N3O5. The fraction of sp³-hybridized carbons (Fsp3) is 0.654. The van der Waals surface area contributed by atoms with Crippen LogP contribution >= 0.6 is 0 Å². The van der Waals surface area contributed by atoms with Gasteiger partial charge in [0, 0.05) is 44.3 Å². The number of hydrogen-bond acceptors (Lipinski definition) is 6. The zero-order chi connectivity index (χ0) is 23.2. The van der Waals surface area contributed by atoms with Crippen LogP contribution in [-0.4, -0.2) is 71.5 Å². The molecule has 4 fully saturated rings. The minimum absolute atomic E-state index is 0.138. The smallest absolute Gasteiger partial charge is 0.255 e. The molecule has 6 rings (SSSR count). The van der Waals surface area contributed by atoms with Gasteiger partial charge in [0.15, 0.2) is 0 Å². The lowest BCUT2D eigenvalue weighted by Gasteiger charge is -2.48. The van der Waals surface area contributed by atoms with Crippen molar-refractivity contribution in [1.82, 2.24) is 15.1 Å². The molecule has 3 aliphatic heterocycles. The standard InChI is InChI=1S/C26H33N3O5/c30-24-10-9-22(25(31)27-24)29-12-17-11-18(7-8-20(17)26(29)32)34-23-4-2-1-3-21(23)28-13-19(14-28)33-15-16-5-6-16/h7-8,11,16,19,21-23H,1-6,9-10,12-15H2,(H,27,30,31)/t21-,22?,23-/m1/s1. The zero-order valence-corrected chi connectivity index (χ0v) is 19.5. The Morgan fingerprint density at radius 3 is 2.62 bits per heavy atom. The summed E-state index contributed by atoms with van der Waals surface area (Å²) in [6.07, 6.45) is 8.37. The molecule has 1 unspecified atom stereocenters. The Labute approximate surface area is 199 Å². The van der Waals surface area contributed by atoms with Gasteiger partial charge < -0.3 is 14.4 Å². The third-order valence-corrected chi connectivity index (χ3v) is 8.06. The van der Waals surface area contributed by atoms with Crippen LogP contribution in [0.4, 0.5) is 0 Å². The maximum atomic E-state index is 12.9. The number of piperidine rings is 1. The molecule has 0 radical (unpaired) electrons. The van der Waals surface area contributed by atoms with E-state index in [0.29, 0.717) is 30.7 Å². The number of amides is 3. The molecule has 0 aromatic heterocycles. The van der Waals surface area contributed by atoms with Crippen molar-refractivity contribution in [2.24, 2.45) is 5.92 Å². The Morgan fingerprint density at radius 2 is 1.82 bits per heavy atom. The number of fused-ring (bicyclic) bond motifs is 1. The fourth-order valence-electron chi connectivity index (χ4n) is 5.83. The summed E-state index contributed by atoms with van der Waals surface area (Å²) in [6.45, 7) is 3.29. The molecule has 0 bridgehead atoms. The number of carbonyl (C=O) groups is 3. The minimum atomic E-state index is -0.591. The Morgan fingerprint density at radius 1 is 1.00 bits per heavy atom. The van der Waals surface area contributed by atoms with Crippen LogP contribution < -0.4 is 10.1 Å². The molecule has 3 heterocycles. The van der Waals surface area contributed by atoms with Crippen LogP contribution in [0.2, 0.25) is 0 Å². The Balaban J connectivity index is 1.09. The first-order chi connectivity index (χ1) is 16.5. The molecule has 8 heteroatoms. The van der Waals surface area contributed by atoms with E-state index < -0.39 is 6.04 Å². The van der Waals surface area contributed by atoms with E-state index in [2.05, 4.69) is 10.2 Å². The normalized spacial score (nSPS) is 30.2. The molecule has 1 N–H and O–H groups in total. The van der Waals surface area contributed by atoms with Crippen LogP contribution in [0.1, 0.15) is 67.3 Å². The van der Waals surface area contributed by atoms with Crippen molar-refractivity contribution < 1.29 is 23.9 Å². The Hall–Kier alpha value is -2.45. The van der Waals surface area contributed by atoms with Gasteiger partial charge in [-0.3, -0.25) is 24.6 Å². The zero-order valence-electron chi connectivity index (χ0n) is 19.5. The number of ether oxygens (including phenoxy) is 2. The lowest BCUT2D eigenvalue weighted by molar-refractivity contribution is -0.136. The maximum Gasteiger partial charge on any atom is 0.255 e. The molecule has 3 atom stereocenters. The summed E-state index contributed by atoms with van der Waals surface area (Å²) in [4.78, 5) is 40.8. The molecule has 182 valence electrons. The number of likely N-dealkylation sites (tertiary alicyclic amines) is 1. The highest BCUT2D eigenvalue weighted by Crippen LogP contribution is 2.35. The van der Waals surface area contributed by atoms with Crippen molar-refractivity contribution in [2.45, 2.75) is 82.2 Å². The number of rotatable bonds is 7. The van der Waals surface area contributed by atoms with Crippen LogP contribution in [0.3, 0.4) is 0 Å². The first-order valence-electron chi connectivity index (χ1n) is 12.8. The molecule has 3 amide bonds. The lowest BCUT2D eigenvalue weighted by Crippen LogP contribution is -2.61. The summed E-state index contributed by atoms with van der Waals surface area (Å²) in [6, 6.07) is 5.48. The SMILES string of the molecule is O=C1CCC(N2Cc3cc(O[C@@H]4CCCC[C@H]4N4CC(OCC5CC5)C4)ccc3C2=O)C(=O)N1. The second-order valence-electron chi connectivity index (χ2n) is 10.6. The molecule has 8 nitrogen and oxygen atoms in total. The Bertz CT molecular complexity index is 987. The van der Waals surface area contributed by atoms with Crippen molar-refractivity contribution in [3.63, 3.8) is 0 Å². The molecule has 1 aromatic rings.